The smallest absolute Gasteiger partial charge is 0.255 e. The number of nitrogens with two attached hydrogens (primary N) is 1. The van der Waals surface area contributed by atoms with E-state index < -0.39 is 81.4 Å². The summed E-state index contributed by atoms with van der Waals surface area (Å²) >= 11 is 0. The summed E-state index contributed by atoms with van der Waals surface area (Å²) in [6.07, 6.45) is -1.10. The molecule has 0 unspecified atom stereocenters. The molecule has 0 aromatic heterocycles. The Labute approximate surface area is 239 Å². The van der Waals surface area contributed by atoms with Crippen molar-refractivity contribution in [1.82, 2.24) is 4.90 Å². The van der Waals surface area contributed by atoms with E-state index in [0.717, 1.165) is 0 Å². The first kappa shape index (κ1) is 29.0. The molecule has 1 amide bonds. The van der Waals surface area contributed by atoms with Gasteiger partial charge in [0.05, 0.1) is 36.3 Å². The van der Waals surface area contributed by atoms with Crippen molar-refractivity contribution in [3.05, 3.63) is 63.9 Å². The molecule has 0 heterocycles. The summed E-state index contributed by atoms with van der Waals surface area (Å²) in [5.41, 5.74) is 1.90. The second-order valence-corrected chi connectivity index (χ2v) is 11.0. The molecule has 0 saturated heterocycles. The molecule has 7 N–H and O–H groups in total. The average molecular weight is 579 g/mol. The molecule has 1 fully saturated rings. The molecule has 12 heteroatoms. The zero-order valence-electron chi connectivity index (χ0n) is 23.2. The van der Waals surface area contributed by atoms with Crippen molar-refractivity contribution in [3.63, 3.8) is 0 Å². The van der Waals surface area contributed by atoms with E-state index in [4.69, 9.17) is 10.5 Å². The number of phenols is 1. The minimum atomic E-state index is -2.99. The number of carbonyl (C=O) groups is 4. The lowest BCUT2D eigenvalue weighted by atomic mass is 9.54. The Balaban J connectivity index is 1.76. The van der Waals surface area contributed by atoms with Gasteiger partial charge in [0.15, 0.2) is 17.7 Å². The quantitative estimate of drug-likeness (QED) is 0.218. The second kappa shape index (κ2) is 9.79. The second-order valence-electron chi connectivity index (χ2n) is 11.0. The summed E-state index contributed by atoms with van der Waals surface area (Å²) < 4.78 is 5.17. The van der Waals surface area contributed by atoms with Crippen LogP contribution in [-0.4, -0.2) is 93.1 Å². The van der Waals surface area contributed by atoms with Gasteiger partial charge >= 0.3 is 0 Å². The highest BCUT2D eigenvalue weighted by atomic mass is 16.5. The van der Waals surface area contributed by atoms with Gasteiger partial charge in [-0.05, 0) is 43.3 Å². The number of hydrogen-bond acceptors (Lipinski definition) is 11. The number of ketones is 2. The van der Waals surface area contributed by atoms with Gasteiger partial charge in [0, 0.05) is 17.1 Å². The largest absolute Gasteiger partial charge is 0.508 e. The van der Waals surface area contributed by atoms with Crippen molar-refractivity contribution >= 4 is 29.5 Å². The van der Waals surface area contributed by atoms with E-state index in [2.05, 4.69) is 0 Å². The van der Waals surface area contributed by atoms with Gasteiger partial charge in [-0.25, -0.2) is 0 Å². The summed E-state index contributed by atoms with van der Waals surface area (Å²) in [5.74, 6) is -9.31. The van der Waals surface area contributed by atoms with E-state index in [9.17, 15) is 44.7 Å². The number of aldehydes is 1. The van der Waals surface area contributed by atoms with E-state index in [1.807, 2.05) is 0 Å². The fraction of sp³-hybridized carbons (Fsp3) is 0.333. The number of methoxy groups -OCH3 is 1. The number of benzene rings is 2. The predicted octanol–water partition coefficient (Wildman–Crippen LogP) is 0.984. The van der Waals surface area contributed by atoms with Crippen LogP contribution in [0.4, 0.5) is 0 Å². The fourth-order valence-corrected chi connectivity index (χ4v) is 6.84. The third kappa shape index (κ3) is 3.65. The molecule has 3 aliphatic rings. The lowest BCUT2D eigenvalue weighted by molar-refractivity contribution is -0.169. The monoisotopic (exact) mass is 578 g/mol. The maximum atomic E-state index is 14.1. The summed E-state index contributed by atoms with van der Waals surface area (Å²) in [6, 6.07) is 6.33. The van der Waals surface area contributed by atoms with Crippen molar-refractivity contribution in [2.45, 2.75) is 30.6 Å². The van der Waals surface area contributed by atoms with Gasteiger partial charge in [-0.1, -0.05) is 25.1 Å². The normalized spacial score (nSPS) is 28.8. The molecule has 1 saturated carbocycles. The summed E-state index contributed by atoms with van der Waals surface area (Å²) in [5, 5.41) is 57.4. The van der Waals surface area contributed by atoms with Gasteiger partial charge in [0.1, 0.15) is 28.6 Å². The lowest BCUT2D eigenvalue weighted by Crippen LogP contribution is -2.70. The zero-order chi connectivity index (χ0) is 31.0. The van der Waals surface area contributed by atoms with Crippen molar-refractivity contribution < 1.29 is 49.4 Å². The highest BCUT2D eigenvalue weighted by molar-refractivity contribution is 6.24. The number of phenolic OH excluding ortho intramolecular Hbond substituents is 1. The molecule has 2 aromatic rings. The number of fused-ring (bicyclic) bond motifs is 3. The number of Topliss-reactive ketones (excluding diaryl/α,β-unsaturated/α-hetero) is 2. The fourth-order valence-electron chi connectivity index (χ4n) is 6.84. The molecule has 5 rings (SSSR count). The summed E-state index contributed by atoms with van der Waals surface area (Å²) in [6.45, 7) is 1.65. The topological polar surface area (TPSA) is 208 Å². The summed E-state index contributed by atoms with van der Waals surface area (Å²) in [7, 11) is 4.29. The number of primary amides is 1. The van der Waals surface area contributed by atoms with Gasteiger partial charge < -0.3 is 36.0 Å². The first-order chi connectivity index (χ1) is 19.7. The van der Waals surface area contributed by atoms with Gasteiger partial charge in [0.25, 0.3) is 5.91 Å². The number of carbonyl (C=O) groups excluding carboxylic acids is 4. The van der Waals surface area contributed by atoms with Gasteiger partial charge in [-0.2, -0.15) is 0 Å². The Morgan fingerprint density at radius 3 is 2.36 bits per heavy atom. The van der Waals surface area contributed by atoms with Crippen LogP contribution in [-0.2, 0) is 14.4 Å². The van der Waals surface area contributed by atoms with E-state index in [1.54, 1.807) is 25.1 Å². The molecule has 0 aliphatic heterocycles. The predicted molar refractivity (Wildman–Crippen MR) is 148 cm³/mol. The van der Waals surface area contributed by atoms with Crippen LogP contribution in [0.3, 0.4) is 0 Å². The molecular formula is C30H30N2O10. The standard InChI is InChI=1S/C30H30N2O10/c1-11-14-6-7-15(12-5-8-16(42-4)13(9-12)10-33)23(34)18(14)24(35)19-17(11)25(36)21-22(32(2)3)26(37)20(29(31)40)28(39)30(21,41)27(19)38/h5-11,17,21-22,25,34-36,39,41H,1-4H3,(H2,31,40)/t11-,17+,21+,22-,25-,30-/m0/s1. The number of rotatable bonds is 5. The van der Waals surface area contributed by atoms with Crippen LogP contribution in [0.1, 0.15) is 34.3 Å². The third-order valence-corrected chi connectivity index (χ3v) is 8.80. The third-order valence-electron chi connectivity index (χ3n) is 8.80. The van der Waals surface area contributed by atoms with Crippen molar-refractivity contribution in [2.75, 3.05) is 21.2 Å². The Morgan fingerprint density at radius 2 is 1.79 bits per heavy atom. The molecule has 2 aromatic carbocycles. The SMILES string of the molecule is COc1ccc(-c2ccc3c(c2O)C(O)=C2C(=O)[C@]4(O)C(O)=C(C(N)=O)C(=O)[C@@H](N(C)C)[C@@H]4[C@@H](O)[C@@H]2[C@H]3C)cc1C=O. The minimum Gasteiger partial charge on any atom is -0.508 e. The number of nitrogens with zero attached hydrogens (tertiary/aromatic N) is 1. The van der Waals surface area contributed by atoms with E-state index >= 15 is 0 Å². The molecule has 42 heavy (non-hydrogen) atoms. The minimum absolute atomic E-state index is 0.146. The van der Waals surface area contributed by atoms with Gasteiger partial charge in [-0.15, -0.1) is 0 Å². The van der Waals surface area contributed by atoms with Crippen LogP contribution < -0.4 is 10.5 Å². The number of aromatic hydroxyl groups is 1. The Morgan fingerprint density at radius 1 is 1.12 bits per heavy atom. The van der Waals surface area contributed by atoms with E-state index in [1.165, 1.54) is 38.2 Å². The zero-order valence-corrected chi connectivity index (χ0v) is 23.2. The Hall–Kier alpha value is -4.52. The number of hydrogen-bond donors (Lipinski definition) is 6. The molecule has 0 spiro atoms. The highest BCUT2D eigenvalue weighted by Crippen LogP contribution is 2.56. The molecule has 12 nitrogen and oxygen atoms in total. The number of ether oxygens (including phenoxy) is 1. The maximum absolute atomic E-state index is 14.1. The first-order valence-corrected chi connectivity index (χ1v) is 13.1. The molecule has 220 valence electrons. The van der Waals surface area contributed by atoms with Crippen LogP contribution >= 0.6 is 0 Å². The first-order valence-electron chi connectivity index (χ1n) is 13.1. The van der Waals surface area contributed by atoms with Crippen LogP contribution in [0.2, 0.25) is 0 Å². The van der Waals surface area contributed by atoms with Gasteiger partial charge in [-0.3, -0.25) is 24.1 Å². The van der Waals surface area contributed by atoms with Crippen LogP contribution in [0.5, 0.6) is 11.5 Å². The van der Waals surface area contributed by atoms with Crippen molar-refractivity contribution in [2.24, 2.45) is 17.6 Å². The van der Waals surface area contributed by atoms with Crippen LogP contribution in [0.25, 0.3) is 16.9 Å². The Kier molecular flexibility index (Phi) is 6.76. The number of likely N-dealkylation sites (N-methyl/N-ethyl adjacent to an activating group) is 1. The number of amides is 1. The molecule has 3 aliphatic carbocycles. The lowest BCUT2D eigenvalue weighted by Gasteiger charge is -2.53. The average Bonchev–Trinajstić information content (AvgIpc) is 2.94. The molecule has 0 radical (unpaired) electrons. The molecule has 0 bridgehead atoms. The Bertz CT molecular complexity index is 1640. The number of aliphatic hydroxyl groups excluding tert-OH is 3. The van der Waals surface area contributed by atoms with Crippen LogP contribution in [0, 0.1) is 11.8 Å². The number of aliphatic hydroxyl groups is 4. The van der Waals surface area contributed by atoms with Crippen molar-refractivity contribution in [3.8, 4) is 22.6 Å². The van der Waals surface area contributed by atoms with Gasteiger partial charge in [0.2, 0.25) is 5.78 Å². The van der Waals surface area contributed by atoms with Crippen LogP contribution in [0.15, 0.2) is 47.2 Å². The maximum Gasteiger partial charge on any atom is 0.255 e. The van der Waals surface area contributed by atoms with E-state index in [0.29, 0.717) is 23.2 Å². The van der Waals surface area contributed by atoms with Crippen molar-refractivity contribution in [1.29, 1.82) is 0 Å². The van der Waals surface area contributed by atoms with E-state index in [-0.39, 0.29) is 16.7 Å². The summed E-state index contributed by atoms with van der Waals surface area (Å²) in [4.78, 5) is 52.4. The molecule has 6 atom stereocenters. The molecular weight excluding hydrogens is 548 g/mol. The highest BCUT2D eigenvalue weighted by Gasteiger charge is 2.68.